The summed E-state index contributed by atoms with van der Waals surface area (Å²) >= 11 is 3.21. The minimum atomic E-state index is -0.585. The Kier molecular flexibility index (Phi) is 4.93. The Bertz CT molecular complexity index is 579. The van der Waals surface area contributed by atoms with Crippen LogP contribution in [0.25, 0.3) is 0 Å². The summed E-state index contributed by atoms with van der Waals surface area (Å²) in [4.78, 5) is 27.2. The number of nitrogens with zero attached hydrogens (tertiary/aromatic N) is 2. The predicted octanol–water partition coefficient (Wildman–Crippen LogP) is 1.43. The Labute approximate surface area is 124 Å². The van der Waals surface area contributed by atoms with Crippen LogP contribution in [0.1, 0.15) is 34.3 Å². The normalized spacial score (nSPS) is 17.4. The fourth-order valence-electron chi connectivity index (χ4n) is 1.86. The van der Waals surface area contributed by atoms with Gasteiger partial charge in [0, 0.05) is 6.42 Å². The molecule has 2 heterocycles. The van der Waals surface area contributed by atoms with Crippen molar-refractivity contribution in [2.24, 2.45) is 0 Å². The summed E-state index contributed by atoms with van der Waals surface area (Å²) in [5.74, 6) is 4.97. The number of aldehydes is 1. The first-order valence-electron chi connectivity index (χ1n) is 6.07. The quantitative estimate of drug-likeness (QED) is 0.471. The number of rotatable bonds is 4. The lowest BCUT2D eigenvalue weighted by atomic mass is 10.3. The van der Waals surface area contributed by atoms with Gasteiger partial charge in [0.25, 0.3) is 0 Å². The van der Waals surface area contributed by atoms with Gasteiger partial charge in [-0.15, -0.1) is 5.92 Å². The van der Waals surface area contributed by atoms with E-state index in [9.17, 15) is 9.59 Å². The molecule has 1 saturated heterocycles. The molecule has 1 fully saturated rings. The number of ether oxygens (including phenoxy) is 2. The Morgan fingerprint density at radius 1 is 1.70 bits per heavy atom. The predicted molar refractivity (Wildman–Crippen MR) is 73.4 cm³/mol. The molecule has 1 aromatic rings. The molecule has 0 aromatic carbocycles. The van der Waals surface area contributed by atoms with E-state index >= 15 is 0 Å². The first-order chi connectivity index (χ1) is 9.67. The summed E-state index contributed by atoms with van der Waals surface area (Å²) < 4.78 is 12.4. The van der Waals surface area contributed by atoms with E-state index < -0.39 is 5.97 Å². The zero-order chi connectivity index (χ0) is 14.5. The fourth-order valence-corrected chi connectivity index (χ4v) is 2.35. The van der Waals surface area contributed by atoms with E-state index in [-0.39, 0.29) is 24.0 Å². The molecule has 106 valence electrons. The van der Waals surface area contributed by atoms with Crippen LogP contribution in [-0.4, -0.2) is 41.1 Å². The minimum absolute atomic E-state index is 0.0405. The Hall–Kier alpha value is -1.65. The van der Waals surface area contributed by atoms with Gasteiger partial charge in [-0.25, -0.2) is 9.78 Å². The molecule has 20 heavy (non-hydrogen) atoms. The highest BCUT2D eigenvalue weighted by Gasteiger charge is 2.27. The number of halogens is 1. The average Bonchev–Trinajstić information content (AvgIpc) is 3.04. The fraction of sp³-hybridized carbons (Fsp3) is 0.462. The molecule has 7 heteroatoms. The van der Waals surface area contributed by atoms with Crippen LogP contribution in [0.4, 0.5) is 0 Å². The van der Waals surface area contributed by atoms with Gasteiger partial charge in [-0.3, -0.25) is 4.79 Å². The third-order valence-electron chi connectivity index (χ3n) is 2.83. The number of aromatic nitrogens is 2. The standard InChI is InChI=1S/C13H13BrN2O4/c1-2-3-5-16-11(10(7-17)15-13(16)14)12(18)20-9-4-6-19-8-9/h7,9H,4-6,8H2,1H3. The van der Waals surface area contributed by atoms with Crippen molar-refractivity contribution in [2.75, 3.05) is 13.2 Å². The number of esters is 1. The number of carbonyl (C=O) groups excluding carboxylic acids is 2. The Morgan fingerprint density at radius 3 is 3.10 bits per heavy atom. The zero-order valence-electron chi connectivity index (χ0n) is 10.9. The number of hydrogen-bond acceptors (Lipinski definition) is 5. The molecule has 1 aliphatic heterocycles. The van der Waals surface area contributed by atoms with E-state index in [4.69, 9.17) is 9.47 Å². The Morgan fingerprint density at radius 2 is 2.50 bits per heavy atom. The van der Waals surface area contributed by atoms with Crippen molar-refractivity contribution < 1.29 is 19.1 Å². The molecule has 1 aliphatic rings. The van der Waals surface area contributed by atoms with Gasteiger partial charge in [0.05, 0.1) is 19.8 Å². The third-order valence-corrected chi connectivity index (χ3v) is 3.43. The first-order valence-corrected chi connectivity index (χ1v) is 6.86. The molecule has 2 rings (SSSR count). The van der Waals surface area contributed by atoms with Crippen LogP contribution in [0.15, 0.2) is 4.73 Å². The van der Waals surface area contributed by atoms with Gasteiger partial charge in [-0.1, -0.05) is 5.92 Å². The summed E-state index contributed by atoms with van der Waals surface area (Å²) in [5.41, 5.74) is 0.153. The summed E-state index contributed by atoms with van der Waals surface area (Å²) in [5, 5.41) is 0. The molecule has 0 amide bonds. The zero-order valence-corrected chi connectivity index (χ0v) is 12.5. The first kappa shape index (κ1) is 14.8. The second-order valence-electron chi connectivity index (χ2n) is 4.14. The van der Waals surface area contributed by atoms with Gasteiger partial charge in [0.2, 0.25) is 0 Å². The van der Waals surface area contributed by atoms with Crippen LogP contribution < -0.4 is 0 Å². The lowest BCUT2D eigenvalue weighted by Gasteiger charge is -2.11. The molecule has 0 aliphatic carbocycles. The lowest BCUT2D eigenvalue weighted by Crippen LogP contribution is -2.21. The van der Waals surface area contributed by atoms with E-state index in [1.807, 2.05) is 0 Å². The minimum Gasteiger partial charge on any atom is -0.455 e. The van der Waals surface area contributed by atoms with E-state index in [2.05, 4.69) is 32.8 Å². The van der Waals surface area contributed by atoms with Crippen molar-refractivity contribution in [1.82, 2.24) is 9.55 Å². The summed E-state index contributed by atoms with van der Waals surface area (Å²) in [6, 6.07) is 0. The molecule has 0 N–H and O–H groups in total. The van der Waals surface area contributed by atoms with Crippen molar-refractivity contribution in [2.45, 2.75) is 26.0 Å². The topological polar surface area (TPSA) is 70.4 Å². The molecule has 0 saturated carbocycles. The second-order valence-corrected chi connectivity index (χ2v) is 4.85. The van der Waals surface area contributed by atoms with Crippen molar-refractivity contribution in [3.8, 4) is 11.8 Å². The van der Waals surface area contributed by atoms with Gasteiger partial charge < -0.3 is 14.0 Å². The van der Waals surface area contributed by atoms with E-state index in [1.165, 1.54) is 4.57 Å². The highest BCUT2D eigenvalue weighted by Crippen LogP contribution is 2.19. The maximum Gasteiger partial charge on any atom is 0.357 e. The third kappa shape index (κ3) is 3.08. The number of hydrogen-bond donors (Lipinski definition) is 0. The number of carbonyl (C=O) groups is 2. The van der Waals surface area contributed by atoms with Crippen LogP contribution >= 0.6 is 15.9 Å². The maximum atomic E-state index is 12.2. The van der Waals surface area contributed by atoms with E-state index in [0.717, 1.165) is 0 Å². The van der Waals surface area contributed by atoms with Gasteiger partial charge in [-0.05, 0) is 22.9 Å². The molecule has 1 aromatic heterocycles. The number of imidazole rings is 1. The van der Waals surface area contributed by atoms with E-state index in [0.29, 0.717) is 30.7 Å². The van der Waals surface area contributed by atoms with Crippen LogP contribution in [0.5, 0.6) is 0 Å². The summed E-state index contributed by atoms with van der Waals surface area (Å²) in [7, 11) is 0. The average molecular weight is 341 g/mol. The van der Waals surface area contributed by atoms with Gasteiger partial charge in [-0.2, -0.15) is 0 Å². The molecular weight excluding hydrogens is 328 g/mol. The largest absolute Gasteiger partial charge is 0.455 e. The molecule has 0 bridgehead atoms. The van der Waals surface area contributed by atoms with Crippen molar-refractivity contribution in [3.05, 3.63) is 16.1 Å². The highest BCUT2D eigenvalue weighted by atomic mass is 79.9. The van der Waals surface area contributed by atoms with Crippen LogP contribution in [-0.2, 0) is 16.0 Å². The van der Waals surface area contributed by atoms with Crippen molar-refractivity contribution in [3.63, 3.8) is 0 Å². The van der Waals surface area contributed by atoms with Crippen LogP contribution in [0, 0.1) is 11.8 Å². The molecule has 6 nitrogen and oxygen atoms in total. The van der Waals surface area contributed by atoms with Crippen LogP contribution in [0.3, 0.4) is 0 Å². The Balaban J connectivity index is 2.28. The summed E-state index contributed by atoms with van der Waals surface area (Å²) in [6.07, 6.45) is 0.913. The molecule has 1 atom stereocenters. The van der Waals surface area contributed by atoms with Gasteiger partial charge in [0.15, 0.2) is 16.7 Å². The molecule has 1 unspecified atom stereocenters. The maximum absolute atomic E-state index is 12.2. The smallest absolute Gasteiger partial charge is 0.357 e. The SMILES string of the molecule is CC#CCn1c(Br)nc(C=O)c1C(=O)OC1CCOC1. The molecule has 0 radical (unpaired) electrons. The monoisotopic (exact) mass is 340 g/mol. The molecule has 0 spiro atoms. The lowest BCUT2D eigenvalue weighted by molar-refractivity contribution is 0.0257. The highest BCUT2D eigenvalue weighted by molar-refractivity contribution is 9.10. The summed E-state index contributed by atoms with van der Waals surface area (Å²) in [6.45, 7) is 2.90. The van der Waals surface area contributed by atoms with Crippen LogP contribution in [0.2, 0.25) is 0 Å². The van der Waals surface area contributed by atoms with Gasteiger partial charge >= 0.3 is 5.97 Å². The van der Waals surface area contributed by atoms with E-state index in [1.54, 1.807) is 6.92 Å². The van der Waals surface area contributed by atoms with Crippen molar-refractivity contribution in [1.29, 1.82) is 0 Å². The second kappa shape index (κ2) is 6.68. The van der Waals surface area contributed by atoms with Crippen molar-refractivity contribution >= 4 is 28.2 Å². The van der Waals surface area contributed by atoms with Gasteiger partial charge in [0.1, 0.15) is 11.8 Å². The molecular formula is C13H13BrN2O4.